The van der Waals surface area contributed by atoms with E-state index in [-0.39, 0.29) is 5.91 Å². The number of carbonyl (C=O) groups excluding carboxylic acids is 1. The molecular formula is C24H22BrNO. The number of rotatable bonds is 5. The van der Waals surface area contributed by atoms with Crippen LogP contribution in [0, 0.1) is 13.8 Å². The molecule has 0 aromatic heterocycles. The molecule has 3 aromatic rings. The van der Waals surface area contributed by atoms with Gasteiger partial charge in [0.1, 0.15) is 0 Å². The van der Waals surface area contributed by atoms with Crippen molar-refractivity contribution >= 4 is 33.6 Å². The van der Waals surface area contributed by atoms with Gasteiger partial charge in [0, 0.05) is 15.7 Å². The number of para-hydroxylation sites is 1. The topological polar surface area (TPSA) is 29.1 Å². The molecule has 0 fully saturated rings. The molecule has 0 radical (unpaired) electrons. The Morgan fingerprint density at radius 2 is 1.70 bits per heavy atom. The molecule has 1 N–H and O–H groups in total. The molecule has 0 unspecified atom stereocenters. The van der Waals surface area contributed by atoms with Crippen LogP contribution in [0.1, 0.15) is 32.6 Å². The molecule has 0 aliphatic rings. The monoisotopic (exact) mass is 419 g/mol. The predicted octanol–water partition coefficient (Wildman–Crippen LogP) is 6.57. The van der Waals surface area contributed by atoms with E-state index in [0.29, 0.717) is 5.56 Å². The van der Waals surface area contributed by atoms with E-state index in [4.69, 9.17) is 0 Å². The van der Waals surface area contributed by atoms with Gasteiger partial charge in [-0.2, -0.15) is 0 Å². The smallest absolute Gasteiger partial charge is 0.255 e. The number of carbonyl (C=O) groups is 1. The Bertz CT molecular complexity index is 974. The molecule has 0 saturated heterocycles. The minimum atomic E-state index is -0.0862. The second-order valence-corrected chi connectivity index (χ2v) is 7.49. The Balaban J connectivity index is 1.62. The van der Waals surface area contributed by atoms with Crippen LogP contribution in [-0.4, -0.2) is 5.91 Å². The van der Waals surface area contributed by atoms with Gasteiger partial charge in [-0.1, -0.05) is 64.5 Å². The van der Waals surface area contributed by atoms with Crippen molar-refractivity contribution in [1.29, 1.82) is 0 Å². The SMILES string of the molecule is Cc1cc(Br)ccc1C=CCc1ccc(C(=O)Nc2ccccc2C)cc1. The van der Waals surface area contributed by atoms with Crippen LogP contribution in [0.2, 0.25) is 0 Å². The summed E-state index contributed by atoms with van der Waals surface area (Å²) in [4.78, 5) is 12.4. The van der Waals surface area contributed by atoms with Crippen LogP contribution in [0.5, 0.6) is 0 Å². The van der Waals surface area contributed by atoms with Gasteiger partial charge in [0.2, 0.25) is 0 Å². The van der Waals surface area contributed by atoms with Crippen LogP contribution in [-0.2, 0) is 6.42 Å². The van der Waals surface area contributed by atoms with E-state index < -0.39 is 0 Å². The summed E-state index contributed by atoms with van der Waals surface area (Å²) in [6, 6.07) is 21.8. The molecule has 0 aliphatic heterocycles. The molecule has 3 heteroatoms. The lowest BCUT2D eigenvalue weighted by atomic mass is 10.1. The highest BCUT2D eigenvalue weighted by Gasteiger charge is 2.07. The van der Waals surface area contributed by atoms with Gasteiger partial charge in [-0.05, 0) is 72.9 Å². The van der Waals surface area contributed by atoms with Gasteiger partial charge in [0.05, 0.1) is 0 Å². The van der Waals surface area contributed by atoms with E-state index in [1.54, 1.807) is 0 Å². The van der Waals surface area contributed by atoms with Crippen LogP contribution in [0.3, 0.4) is 0 Å². The lowest BCUT2D eigenvalue weighted by Crippen LogP contribution is -2.12. The lowest BCUT2D eigenvalue weighted by Gasteiger charge is -2.08. The number of anilines is 1. The molecule has 3 rings (SSSR count). The Kier molecular flexibility index (Phi) is 6.25. The number of hydrogen-bond acceptors (Lipinski definition) is 1. The first kappa shape index (κ1) is 19.1. The number of nitrogens with one attached hydrogen (secondary N) is 1. The first-order chi connectivity index (χ1) is 13.0. The van der Waals surface area contributed by atoms with Crippen molar-refractivity contribution in [3.8, 4) is 0 Å². The van der Waals surface area contributed by atoms with Gasteiger partial charge in [0.25, 0.3) is 5.91 Å². The third-order valence-electron chi connectivity index (χ3n) is 4.49. The van der Waals surface area contributed by atoms with Gasteiger partial charge >= 0.3 is 0 Å². The number of halogens is 1. The summed E-state index contributed by atoms with van der Waals surface area (Å²) in [5.41, 5.74) is 6.19. The van der Waals surface area contributed by atoms with Crippen LogP contribution in [0.4, 0.5) is 5.69 Å². The summed E-state index contributed by atoms with van der Waals surface area (Å²) >= 11 is 3.49. The zero-order valence-electron chi connectivity index (χ0n) is 15.5. The van der Waals surface area contributed by atoms with Crippen LogP contribution >= 0.6 is 15.9 Å². The highest BCUT2D eigenvalue weighted by molar-refractivity contribution is 9.10. The maximum atomic E-state index is 12.4. The summed E-state index contributed by atoms with van der Waals surface area (Å²) in [6.07, 6.45) is 5.12. The number of allylic oxidation sites excluding steroid dienone is 1. The second-order valence-electron chi connectivity index (χ2n) is 6.57. The average Bonchev–Trinajstić information content (AvgIpc) is 2.66. The van der Waals surface area contributed by atoms with Gasteiger partial charge in [-0.3, -0.25) is 4.79 Å². The molecular weight excluding hydrogens is 398 g/mol. The predicted molar refractivity (Wildman–Crippen MR) is 117 cm³/mol. The van der Waals surface area contributed by atoms with Crippen molar-refractivity contribution in [3.05, 3.63) is 105 Å². The van der Waals surface area contributed by atoms with Crippen molar-refractivity contribution < 1.29 is 4.79 Å². The zero-order valence-corrected chi connectivity index (χ0v) is 17.1. The molecule has 0 spiro atoms. The molecule has 1 amide bonds. The van der Waals surface area contributed by atoms with Gasteiger partial charge in [-0.15, -0.1) is 0 Å². The number of hydrogen-bond donors (Lipinski definition) is 1. The Hall–Kier alpha value is -2.65. The summed E-state index contributed by atoms with van der Waals surface area (Å²) < 4.78 is 1.09. The third kappa shape index (κ3) is 5.18. The molecule has 0 atom stereocenters. The first-order valence-electron chi connectivity index (χ1n) is 8.91. The summed E-state index contributed by atoms with van der Waals surface area (Å²) in [5.74, 6) is -0.0862. The fourth-order valence-electron chi connectivity index (χ4n) is 2.85. The van der Waals surface area contributed by atoms with Gasteiger partial charge in [0.15, 0.2) is 0 Å². The molecule has 3 aromatic carbocycles. The Morgan fingerprint density at radius 1 is 0.963 bits per heavy atom. The van der Waals surface area contributed by atoms with Crippen LogP contribution < -0.4 is 5.32 Å². The summed E-state index contributed by atoms with van der Waals surface area (Å²) in [5, 5.41) is 2.96. The van der Waals surface area contributed by atoms with Crippen LogP contribution in [0.15, 0.2) is 77.3 Å². The van der Waals surface area contributed by atoms with E-state index in [2.05, 4.69) is 58.5 Å². The Labute approximate surface area is 169 Å². The van der Waals surface area contributed by atoms with Crippen molar-refractivity contribution in [1.82, 2.24) is 0 Å². The third-order valence-corrected chi connectivity index (χ3v) is 4.99. The summed E-state index contributed by atoms with van der Waals surface area (Å²) in [6.45, 7) is 4.09. The van der Waals surface area contributed by atoms with E-state index in [1.807, 2.05) is 55.5 Å². The fourth-order valence-corrected chi connectivity index (χ4v) is 3.32. The van der Waals surface area contributed by atoms with E-state index in [0.717, 1.165) is 22.1 Å². The molecule has 2 nitrogen and oxygen atoms in total. The highest BCUT2D eigenvalue weighted by atomic mass is 79.9. The molecule has 0 aliphatic carbocycles. The lowest BCUT2D eigenvalue weighted by molar-refractivity contribution is 0.102. The van der Waals surface area contributed by atoms with E-state index in [9.17, 15) is 4.79 Å². The van der Waals surface area contributed by atoms with Crippen molar-refractivity contribution in [2.75, 3.05) is 5.32 Å². The maximum Gasteiger partial charge on any atom is 0.255 e. The van der Waals surface area contributed by atoms with E-state index in [1.165, 1.54) is 16.7 Å². The molecule has 0 bridgehead atoms. The minimum absolute atomic E-state index is 0.0862. The maximum absolute atomic E-state index is 12.4. The molecule has 27 heavy (non-hydrogen) atoms. The van der Waals surface area contributed by atoms with Crippen molar-refractivity contribution in [2.24, 2.45) is 0 Å². The zero-order chi connectivity index (χ0) is 19.2. The average molecular weight is 420 g/mol. The largest absolute Gasteiger partial charge is 0.322 e. The minimum Gasteiger partial charge on any atom is -0.322 e. The molecule has 0 saturated carbocycles. The van der Waals surface area contributed by atoms with Crippen molar-refractivity contribution in [3.63, 3.8) is 0 Å². The van der Waals surface area contributed by atoms with E-state index >= 15 is 0 Å². The van der Waals surface area contributed by atoms with Gasteiger partial charge < -0.3 is 5.32 Å². The molecule has 0 heterocycles. The highest BCUT2D eigenvalue weighted by Crippen LogP contribution is 2.18. The number of aryl methyl sites for hydroxylation is 2. The number of amides is 1. The van der Waals surface area contributed by atoms with Gasteiger partial charge in [-0.25, -0.2) is 0 Å². The molecule has 136 valence electrons. The summed E-state index contributed by atoms with van der Waals surface area (Å²) in [7, 11) is 0. The quantitative estimate of drug-likeness (QED) is 0.497. The Morgan fingerprint density at radius 3 is 2.41 bits per heavy atom. The van der Waals surface area contributed by atoms with Crippen molar-refractivity contribution in [2.45, 2.75) is 20.3 Å². The second kappa shape index (κ2) is 8.83. The van der Waals surface area contributed by atoms with Crippen LogP contribution in [0.25, 0.3) is 6.08 Å². The first-order valence-corrected chi connectivity index (χ1v) is 9.71. The number of benzene rings is 3. The normalized spacial score (nSPS) is 10.9. The fraction of sp³-hybridized carbons (Fsp3) is 0.125. The standard InChI is InChI=1S/C24H22BrNO/c1-17-6-3-4-9-23(17)26-24(27)21-12-10-19(11-13-21)7-5-8-20-14-15-22(25)16-18(20)2/h3-6,8-16H,7H2,1-2H3,(H,26,27).